The van der Waals surface area contributed by atoms with E-state index >= 15 is 0 Å². The smallest absolute Gasteiger partial charge is 0.276 e. The van der Waals surface area contributed by atoms with Gasteiger partial charge in [-0.1, -0.05) is 35.0 Å². The molecule has 1 aromatic heterocycles. The Morgan fingerprint density at radius 2 is 2.12 bits per heavy atom. The molecule has 2 aromatic rings. The van der Waals surface area contributed by atoms with Crippen LogP contribution in [0.3, 0.4) is 0 Å². The number of carbonyl (C=O) groups is 1. The first-order valence-electron chi connectivity index (χ1n) is 9.03. The van der Waals surface area contributed by atoms with Gasteiger partial charge < -0.3 is 4.90 Å². The molecule has 6 nitrogen and oxygen atoms in total. The molecule has 2 atom stereocenters. The monoisotopic (exact) mass is 339 g/mol. The molecule has 0 spiro atoms. The summed E-state index contributed by atoms with van der Waals surface area (Å²) in [5, 5.41) is 8.13. The minimum absolute atomic E-state index is 0.0228. The lowest BCUT2D eigenvalue weighted by Crippen LogP contribution is -2.48. The first kappa shape index (κ1) is 16.3. The van der Waals surface area contributed by atoms with Crippen molar-refractivity contribution in [3.8, 4) is 0 Å². The molecule has 0 radical (unpaired) electrons. The van der Waals surface area contributed by atoms with E-state index in [1.165, 1.54) is 11.1 Å². The number of piperazine rings is 1. The van der Waals surface area contributed by atoms with E-state index in [4.69, 9.17) is 0 Å². The van der Waals surface area contributed by atoms with E-state index in [0.29, 0.717) is 17.8 Å². The fraction of sp³-hybridized carbons (Fsp3) is 0.526. The highest BCUT2D eigenvalue weighted by Crippen LogP contribution is 2.32. The summed E-state index contributed by atoms with van der Waals surface area (Å²) < 4.78 is 1.74. The van der Waals surface area contributed by atoms with Crippen LogP contribution in [0.2, 0.25) is 0 Å². The number of carbonyl (C=O) groups excluding carboxylic acids is 1. The lowest BCUT2D eigenvalue weighted by atomic mass is 10.1. The zero-order chi connectivity index (χ0) is 17.6. The quantitative estimate of drug-likeness (QED) is 0.857. The minimum Gasteiger partial charge on any atom is -0.331 e. The highest BCUT2D eigenvalue weighted by molar-refractivity contribution is 5.92. The van der Waals surface area contributed by atoms with Crippen LogP contribution in [0.25, 0.3) is 0 Å². The summed E-state index contributed by atoms with van der Waals surface area (Å²) in [4.78, 5) is 17.3. The molecule has 0 aliphatic carbocycles. The Morgan fingerprint density at radius 3 is 2.76 bits per heavy atom. The summed E-state index contributed by atoms with van der Waals surface area (Å²) in [6.45, 7) is 8.90. The maximum atomic E-state index is 12.8. The lowest BCUT2D eigenvalue weighted by molar-refractivity contribution is 0.0610. The average Bonchev–Trinajstić information content (AvgIpc) is 3.29. The number of aromatic nitrogens is 3. The van der Waals surface area contributed by atoms with Gasteiger partial charge in [0.15, 0.2) is 5.69 Å². The Kier molecular flexibility index (Phi) is 4.07. The van der Waals surface area contributed by atoms with Gasteiger partial charge in [-0.2, -0.15) is 0 Å². The Labute approximate surface area is 148 Å². The number of nitrogens with zero attached hydrogens (tertiary/aromatic N) is 5. The summed E-state index contributed by atoms with van der Waals surface area (Å²) in [6, 6.07) is 9.65. The predicted molar refractivity (Wildman–Crippen MR) is 95.2 cm³/mol. The molecular formula is C19H25N5O. The number of hydrogen-bond acceptors (Lipinski definition) is 4. The summed E-state index contributed by atoms with van der Waals surface area (Å²) in [5.74, 6) is 0.0228. The van der Waals surface area contributed by atoms with Crippen LogP contribution >= 0.6 is 0 Å². The van der Waals surface area contributed by atoms with Gasteiger partial charge in [0.05, 0.1) is 6.20 Å². The van der Waals surface area contributed by atoms with Crippen molar-refractivity contribution in [2.75, 3.05) is 13.1 Å². The molecule has 2 aliphatic rings. The van der Waals surface area contributed by atoms with Crippen molar-refractivity contribution in [2.45, 2.75) is 51.9 Å². The Hall–Kier alpha value is -2.21. The standard InChI is InChI=1S/C19H25N5O/c1-13(2)24-12-18(20-21-24)19(25)23-11-16-8-17(23)10-22(16)9-15-6-4-5-14(3)7-15/h4-7,12-13,16-17H,8-11H2,1-3H3/t16-,17-/m0/s1. The van der Waals surface area contributed by atoms with Gasteiger partial charge in [0.25, 0.3) is 5.91 Å². The second-order valence-electron chi connectivity index (χ2n) is 7.60. The SMILES string of the molecule is Cc1cccc(CN2C[C@@H]3C[C@H]2CN3C(=O)c2cn(C(C)C)nn2)c1. The molecule has 4 rings (SSSR count). The maximum Gasteiger partial charge on any atom is 0.276 e. The average molecular weight is 339 g/mol. The zero-order valence-corrected chi connectivity index (χ0v) is 15.1. The van der Waals surface area contributed by atoms with E-state index in [9.17, 15) is 4.79 Å². The molecule has 3 heterocycles. The molecule has 0 saturated carbocycles. The molecule has 1 amide bonds. The number of fused-ring (bicyclic) bond motifs is 2. The highest BCUT2D eigenvalue weighted by atomic mass is 16.2. The van der Waals surface area contributed by atoms with Crippen LogP contribution in [-0.2, 0) is 6.54 Å². The molecule has 2 saturated heterocycles. The van der Waals surface area contributed by atoms with Gasteiger partial charge in [-0.05, 0) is 32.8 Å². The molecule has 1 aromatic carbocycles. The Balaban J connectivity index is 1.41. The Bertz CT molecular complexity index is 784. The van der Waals surface area contributed by atoms with E-state index in [2.05, 4.69) is 46.4 Å². The third kappa shape index (κ3) is 3.06. The molecular weight excluding hydrogens is 314 g/mol. The van der Waals surface area contributed by atoms with Gasteiger partial charge in [0.2, 0.25) is 0 Å². The fourth-order valence-corrected chi connectivity index (χ4v) is 4.01. The van der Waals surface area contributed by atoms with Crippen molar-refractivity contribution in [3.05, 3.63) is 47.3 Å². The molecule has 2 bridgehead atoms. The van der Waals surface area contributed by atoms with Gasteiger partial charge in [-0.3, -0.25) is 9.69 Å². The van der Waals surface area contributed by atoms with E-state index in [1.54, 1.807) is 10.9 Å². The fourth-order valence-electron chi connectivity index (χ4n) is 4.01. The van der Waals surface area contributed by atoms with Crippen molar-refractivity contribution >= 4 is 5.91 Å². The van der Waals surface area contributed by atoms with Gasteiger partial charge in [0.1, 0.15) is 0 Å². The van der Waals surface area contributed by atoms with Crippen molar-refractivity contribution in [1.82, 2.24) is 24.8 Å². The zero-order valence-electron chi connectivity index (χ0n) is 15.1. The first-order chi connectivity index (χ1) is 12.0. The molecule has 6 heteroatoms. The van der Waals surface area contributed by atoms with Crippen molar-refractivity contribution < 1.29 is 4.79 Å². The van der Waals surface area contributed by atoms with Gasteiger partial charge in [-0.15, -0.1) is 5.10 Å². The molecule has 2 fully saturated rings. The number of amides is 1. The third-order valence-electron chi connectivity index (χ3n) is 5.34. The predicted octanol–water partition coefficient (Wildman–Crippen LogP) is 2.27. The first-order valence-corrected chi connectivity index (χ1v) is 9.03. The lowest BCUT2D eigenvalue weighted by Gasteiger charge is -2.33. The number of likely N-dealkylation sites (tertiary alicyclic amines) is 2. The van der Waals surface area contributed by atoms with Crippen molar-refractivity contribution in [1.29, 1.82) is 0 Å². The van der Waals surface area contributed by atoms with Crippen LogP contribution in [0.15, 0.2) is 30.5 Å². The van der Waals surface area contributed by atoms with Gasteiger partial charge >= 0.3 is 0 Å². The topological polar surface area (TPSA) is 54.3 Å². The second kappa shape index (κ2) is 6.26. The second-order valence-corrected chi connectivity index (χ2v) is 7.60. The molecule has 25 heavy (non-hydrogen) atoms. The summed E-state index contributed by atoms with van der Waals surface area (Å²) in [5.41, 5.74) is 3.11. The van der Waals surface area contributed by atoms with Crippen LogP contribution < -0.4 is 0 Å². The molecule has 0 N–H and O–H groups in total. The number of rotatable bonds is 4. The molecule has 2 aliphatic heterocycles. The number of benzene rings is 1. The van der Waals surface area contributed by atoms with E-state index in [0.717, 1.165) is 26.1 Å². The minimum atomic E-state index is 0.0228. The van der Waals surface area contributed by atoms with Crippen LogP contribution in [0.4, 0.5) is 0 Å². The number of aryl methyl sites for hydroxylation is 1. The van der Waals surface area contributed by atoms with Crippen molar-refractivity contribution in [2.24, 2.45) is 0 Å². The highest BCUT2D eigenvalue weighted by Gasteiger charge is 2.45. The van der Waals surface area contributed by atoms with Crippen LogP contribution in [-0.4, -0.2) is 55.9 Å². The Morgan fingerprint density at radius 1 is 1.28 bits per heavy atom. The normalized spacial score (nSPS) is 23.0. The molecule has 132 valence electrons. The van der Waals surface area contributed by atoms with E-state index in [1.807, 2.05) is 18.7 Å². The molecule has 0 unspecified atom stereocenters. The summed E-state index contributed by atoms with van der Waals surface area (Å²) in [7, 11) is 0. The van der Waals surface area contributed by atoms with E-state index < -0.39 is 0 Å². The van der Waals surface area contributed by atoms with Crippen LogP contribution in [0.1, 0.15) is 47.9 Å². The third-order valence-corrected chi connectivity index (χ3v) is 5.34. The summed E-state index contributed by atoms with van der Waals surface area (Å²) >= 11 is 0. The summed E-state index contributed by atoms with van der Waals surface area (Å²) in [6.07, 6.45) is 2.83. The van der Waals surface area contributed by atoms with Gasteiger partial charge in [0, 0.05) is 37.8 Å². The largest absolute Gasteiger partial charge is 0.331 e. The number of hydrogen-bond donors (Lipinski definition) is 0. The maximum absolute atomic E-state index is 12.8. The van der Waals surface area contributed by atoms with E-state index in [-0.39, 0.29) is 11.9 Å². The van der Waals surface area contributed by atoms with Gasteiger partial charge in [-0.25, -0.2) is 4.68 Å². The van der Waals surface area contributed by atoms with Crippen molar-refractivity contribution in [3.63, 3.8) is 0 Å². The van der Waals surface area contributed by atoms with Crippen LogP contribution in [0, 0.1) is 6.92 Å². The van der Waals surface area contributed by atoms with Crippen LogP contribution in [0.5, 0.6) is 0 Å².